The van der Waals surface area contributed by atoms with E-state index in [1.165, 1.54) is 19.9 Å². The Morgan fingerprint density at radius 3 is 2.77 bits per heavy atom. The number of amides is 3. The van der Waals surface area contributed by atoms with Gasteiger partial charge in [-0.05, 0) is 48.6 Å². The normalized spacial score (nSPS) is 13.7. The summed E-state index contributed by atoms with van der Waals surface area (Å²) in [6.07, 6.45) is 6.39. The van der Waals surface area contributed by atoms with E-state index in [2.05, 4.69) is 33.9 Å². The fraction of sp³-hybridized carbons (Fsp3) is 0.381. The molecule has 0 saturated heterocycles. The first-order chi connectivity index (χ1) is 14.6. The molecule has 2 aromatic rings. The molecule has 1 heterocycles. The van der Waals surface area contributed by atoms with Crippen LogP contribution in [0, 0.1) is 5.92 Å². The van der Waals surface area contributed by atoms with Gasteiger partial charge in [-0.3, -0.25) is 9.63 Å². The van der Waals surface area contributed by atoms with Gasteiger partial charge >= 0.3 is 6.03 Å². The van der Waals surface area contributed by atoms with E-state index in [0.29, 0.717) is 36.1 Å². The zero-order chi connectivity index (χ0) is 21.3. The van der Waals surface area contributed by atoms with Crippen LogP contribution in [0.15, 0.2) is 42.6 Å². The van der Waals surface area contributed by atoms with Crippen LogP contribution in [0.3, 0.4) is 0 Å². The standard InChI is InChI=1S/C21H27N5O3S/c1-22-21(28)26(30)19-12-16(10-11-23-19)13-24-18-9-5-4-8-17(18)20(27)25-29-14-15-6-2-3-7-15/h4-5,8-12,15,24,30H,2-3,6-7,13-14H2,1H3,(H,22,28)(H,25,27). The lowest BCUT2D eigenvalue weighted by molar-refractivity contribution is 0.0172. The summed E-state index contributed by atoms with van der Waals surface area (Å²) in [7, 11) is 1.52. The van der Waals surface area contributed by atoms with Gasteiger partial charge in [-0.25, -0.2) is 19.6 Å². The number of nitrogens with one attached hydrogen (secondary N) is 3. The van der Waals surface area contributed by atoms with Gasteiger partial charge in [0.05, 0.1) is 12.2 Å². The average Bonchev–Trinajstić information content (AvgIpc) is 3.30. The van der Waals surface area contributed by atoms with Crippen LogP contribution < -0.4 is 20.4 Å². The summed E-state index contributed by atoms with van der Waals surface area (Å²) in [5.41, 5.74) is 4.63. The second-order valence-corrected chi connectivity index (χ2v) is 7.58. The fourth-order valence-corrected chi connectivity index (χ4v) is 3.60. The Kier molecular flexibility index (Phi) is 7.92. The first-order valence-electron chi connectivity index (χ1n) is 9.99. The molecule has 0 aliphatic heterocycles. The van der Waals surface area contributed by atoms with Gasteiger partial charge in [0.25, 0.3) is 5.91 Å². The van der Waals surface area contributed by atoms with Crippen LogP contribution in [-0.2, 0) is 11.4 Å². The first-order valence-corrected chi connectivity index (χ1v) is 10.4. The molecular formula is C21H27N5O3S. The molecule has 3 rings (SSSR count). The van der Waals surface area contributed by atoms with E-state index < -0.39 is 0 Å². The smallest absolute Gasteiger partial charge is 0.332 e. The molecule has 0 radical (unpaired) electrons. The molecule has 160 valence electrons. The van der Waals surface area contributed by atoms with Crippen molar-refractivity contribution in [1.29, 1.82) is 0 Å². The number of pyridine rings is 1. The molecule has 1 saturated carbocycles. The summed E-state index contributed by atoms with van der Waals surface area (Å²) in [6.45, 7) is 0.991. The number of nitrogens with zero attached hydrogens (tertiary/aromatic N) is 2. The summed E-state index contributed by atoms with van der Waals surface area (Å²) in [5, 5.41) is 5.76. The van der Waals surface area contributed by atoms with Crippen molar-refractivity contribution in [2.75, 3.05) is 23.3 Å². The minimum atomic E-state index is -0.379. The van der Waals surface area contributed by atoms with Gasteiger partial charge in [0, 0.05) is 25.5 Å². The zero-order valence-electron chi connectivity index (χ0n) is 16.9. The molecule has 8 nitrogen and oxygen atoms in total. The predicted molar refractivity (Wildman–Crippen MR) is 119 cm³/mol. The third-order valence-electron chi connectivity index (χ3n) is 5.05. The Labute approximate surface area is 181 Å². The summed E-state index contributed by atoms with van der Waals surface area (Å²) in [5.74, 6) is 0.650. The van der Waals surface area contributed by atoms with E-state index >= 15 is 0 Å². The van der Waals surface area contributed by atoms with Crippen molar-refractivity contribution in [2.45, 2.75) is 32.2 Å². The minimum absolute atomic E-state index is 0.285. The number of rotatable bonds is 8. The van der Waals surface area contributed by atoms with Crippen molar-refractivity contribution in [3.05, 3.63) is 53.7 Å². The SMILES string of the molecule is CNC(=O)N(S)c1cc(CNc2ccccc2C(=O)NOCC2CCCC2)ccn1. The van der Waals surface area contributed by atoms with Crippen LogP contribution in [-0.4, -0.2) is 30.6 Å². The number of thiol groups is 1. The van der Waals surface area contributed by atoms with Gasteiger partial charge in [-0.1, -0.05) is 37.8 Å². The van der Waals surface area contributed by atoms with Crippen molar-refractivity contribution < 1.29 is 14.4 Å². The first kappa shape index (κ1) is 21.9. The molecule has 9 heteroatoms. The maximum absolute atomic E-state index is 12.6. The monoisotopic (exact) mass is 429 g/mol. The molecule has 0 atom stereocenters. The van der Waals surface area contributed by atoms with Crippen LogP contribution in [0.1, 0.15) is 41.6 Å². The molecule has 1 aromatic heterocycles. The number of para-hydroxylation sites is 1. The number of hydrogen-bond donors (Lipinski definition) is 4. The predicted octanol–water partition coefficient (Wildman–Crippen LogP) is 3.54. The maximum atomic E-state index is 12.6. The minimum Gasteiger partial charge on any atom is -0.380 e. The molecule has 1 aliphatic rings. The Morgan fingerprint density at radius 2 is 2.00 bits per heavy atom. The maximum Gasteiger partial charge on any atom is 0.332 e. The Morgan fingerprint density at radius 1 is 1.23 bits per heavy atom. The van der Waals surface area contributed by atoms with Crippen molar-refractivity contribution in [3.8, 4) is 0 Å². The van der Waals surface area contributed by atoms with Crippen LogP contribution >= 0.6 is 12.8 Å². The molecule has 1 aliphatic carbocycles. The lowest BCUT2D eigenvalue weighted by Gasteiger charge is -2.16. The van der Waals surface area contributed by atoms with Crippen molar-refractivity contribution in [2.24, 2.45) is 5.92 Å². The van der Waals surface area contributed by atoms with E-state index in [0.717, 1.165) is 22.7 Å². The van der Waals surface area contributed by atoms with Gasteiger partial charge in [-0.15, -0.1) is 0 Å². The van der Waals surface area contributed by atoms with Crippen molar-refractivity contribution in [1.82, 2.24) is 15.8 Å². The molecule has 3 N–H and O–H groups in total. The second-order valence-electron chi connectivity index (χ2n) is 7.18. The quantitative estimate of drug-likeness (QED) is 0.380. The molecule has 0 bridgehead atoms. The lowest BCUT2D eigenvalue weighted by Crippen LogP contribution is -2.31. The van der Waals surface area contributed by atoms with Crippen LogP contribution in [0.25, 0.3) is 0 Å². The highest BCUT2D eigenvalue weighted by Gasteiger charge is 2.17. The number of carbonyl (C=O) groups is 2. The Balaban J connectivity index is 1.59. The molecule has 3 amide bonds. The van der Waals surface area contributed by atoms with Crippen LogP contribution in [0.2, 0.25) is 0 Å². The summed E-state index contributed by atoms with van der Waals surface area (Å²) in [4.78, 5) is 33.9. The number of anilines is 2. The number of hydroxylamine groups is 1. The van der Waals surface area contributed by atoms with Gasteiger partial charge in [-0.2, -0.15) is 0 Å². The van der Waals surface area contributed by atoms with Gasteiger partial charge in [0.1, 0.15) is 5.82 Å². The van der Waals surface area contributed by atoms with E-state index in [1.54, 1.807) is 18.3 Å². The third-order valence-corrected chi connectivity index (χ3v) is 5.43. The van der Waals surface area contributed by atoms with Gasteiger partial charge < -0.3 is 10.6 Å². The highest BCUT2D eigenvalue weighted by atomic mass is 32.1. The largest absolute Gasteiger partial charge is 0.380 e. The van der Waals surface area contributed by atoms with E-state index in [4.69, 9.17) is 4.84 Å². The molecule has 0 unspecified atom stereocenters. The Hall–Kier alpha value is -2.78. The summed E-state index contributed by atoms with van der Waals surface area (Å²) < 4.78 is 1.13. The summed E-state index contributed by atoms with van der Waals surface area (Å²) >= 11 is 4.16. The highest BCUT2D eigenvalue weighted by Crippen LogP contribution is 2.24. The molecule has 1 aromatic carbocycles. The number of carbonyl (C=O) groups excluding carboxylic acids is 2. The molecular weight excluding hydrogens is 402 g/mol. The highest BCUT2D eigenvalue weighted by molar-refractivity contribution is 7.82. The van der Waals surface area contributed by atoms with Crippen LogP contribution in [0.5, 0.6) is 0 Å². The van der Waals surface area contributed by atoms with Gasteiger partial charge in [0.2, 0.25) is 0 Å². The average molecular weight is 430 g/mol. The molecule has 0 spiro atoms. The van der Waals surface area contributed by atoms with Crippen LogP contribution in [0.4, 0.5) is 16.3 Å². The molecule has 1 fully saturated rings. The van der Waals surface area contributed by atoms with E-state index in [9.17, 15) is 9.59 Å². The van der Waals surface area contributed by atoms with Crippen molar-refractivity contribution >= 4 is 36.3 Å². The number of aromatic nitrogens is 1. The van der Waals surface area contributed by atoms with E-state index in [1.807, 2.05) is 24.3 Å². The van der Waals surface area contributed by atoms with E-state index in [-0.39, 0.29) is 11.9 Å². The zero-order valence-corrected chi connectivity index (χ0v) is 17.8. The number of benzene rings is 1. The fourth-order valence-electron chi connectivity index (χ4n) is 3.39. The third kappa shape index (κ3) is 5.87. The number of hydrogen-bond acceptors (Lipinski definition) is 6. The van der Waals surface area contributed by atoms with Gasteiger partial charge in [0.15, 0.2) is 0 Å². The van der Waals surface area contributed by atoms with Crippen molar-refractivity contribution in [3.63, 3.8) is 0 Å². The number of urea groups is 1. The Bertz CT molecular complexity index is 873. The topological polar surface area (TPSA) is 95.6 Å². The summed E-state index contributed by atoms with van der Waals surface area (Å²) in [6, 6.07) is 10.5. The lowest BCUT2D eigenvalue weighted by atomic mass is 10.1. The molecule has 30 heavy (non-hydrogen) atoms. The second kappa shape index (κ2) is 10.8.